The zero-order valence-electron chi connectivity index (χ0n) is 11.7. The normalized spacial score (nSPS) is 13.2. The van der Waals surface area contributed by atoms with E-state index in [1.54, 1.807) is 36.7 Å². The molecule has 3 amide bonds. The molecule has 3 rings (SSSR count). The van der Waals surface area contributed by atoms with Crippen LogP contribution in [-0.2, 0) is 11.3 Å². The monoisotopic (exact) mass is 296 g/mol. The maximum Gasteiger partial charge on any atom is 0.262 e. The van der Waals surface area contributed by atoms with Gasteiger partial charge in [-0.15, -0.1) is 0 Å². The van der Waals surface area contributed by atoms with Gasteiger partial charge in [-0.2, -0.15) is 0 Å². The van der Waals surface area contributed by atoms with E-state index in [9.17, 15) is 14.4 Å². The van der Waals surface area contributed by atoms with Crippen LogP contribution in [0.15, 0.2) is 48.8 Å². The van der Waals surface area contributed by atoms with Gasteiger partial charge in [0, 0.05) is 18.2 Å². The molecular formula is C16H14N3O3+. The van der Waals surface area contributed by atoms with Crippen molar-refractivity contribution in [3.63, 3.8) is 0 Å². The summed E-state index contributed by atoms with van der Waals surface area (Å²) in [6.07, 6.45) is 3.53. The molecule has 0 atom stereocenters. The predicted octanol–water partition coefficient (Wildman–Crippen LogP) is 0.413. The standard InChI is InChI=1S/C16H13N3O3/c20-14(18-9-11-4-3-7-17-8-11)10-19-15(21)12-5-1-2-6-13(12)16(19)22/h1-8H,9-10H2,(H,18,20)/p+1. The molecule has 0 saturated carbocycles. The van der Waals surface area contributed by atoms with E-state index in [0.29, 0.717) is 17.7 Å². The predicted molar refractivity (Wildman–Crippen MR) is 76.7 cm³/mol. The maximum atomic E-state index is 12.1. The summed E-state index contributed by atoms with van der Waals surface area (Å²) in [5, 5.41) is 2.69. The number of benzene rings is 1. The molecule has 1 aliphatic heterocycles. The first kappa shape index (κ1) is 13.9. The lowest BCUT2D eigenvalue weighted by atomic mass is 10.1. The van der Waals surface area contributed by atoms with Crippen LogP contribution in [0, 0.1) is 0 Å². The highest BCUT2D eigenvalue weighted by atomic mass is 16.2. The number of imide groups is 1. The second-order valence-electron chi connectivity index (χ2n) is 4.93. The SMILES string of the molecule is O=C(CN1C(=O)c2ccccc2C1=O)NCc1ccc[nH+]c1. The van der Waals surface area contributed by atoms with E-state index >= 15 is 0 Å². The number of aromatic nitrogens is 1. The van der Waals surface area contributed by atoms with Gasteiger partial charge in [0.05, 0.1) is 11.1 Å². The minimum Gasteiger partial charge on any atom is -0.350 e. The number of pyridine rings is 1. The molecule has 0 fully saturated rings. The molecule has 1 aliphatic rings. The van der Waals surface area contributed by atoms with Crippen LogP contribution in [-0.4, -0.2) is 29.2 Å². The average Bonchev–Trinajstić information content (AvgIpc) is 2.79. The minimum absolute atomic E-state index is 0.275. The van der Waals surface area contributed by atoms with Crippen molar-refractivity contribution in [3.05, 3.63) is 65.5 Å². The molecule has 22 heavy (non-hydrogen) atoms. The fraction of sp³-hybridized carbons (Fsp3) is 0.125. The Morgan fingerprint density at radius 1 is 1.05 bits per heavy atom. The molecule has 1 aromatic heterocycles. The van der Waals surface area contributed by atoms with E-state index in [4.69, 9.17) is 0 Å². The molecule has 6 nitrogen and oxygen atoms in total. The Labute approximate surface area is 126 Å². The molecule has 2 aromatic rings. The Morgan fingerprint density at radius 3 is 2.32 bits per heavy atom. The number of carbonyl (C=O) groups excluding carboxylic acids is 3. The zero-order chi connectivity index (χ0) is 15.5. The second kappa shape index (κ2) is 5.77. The molecule has 0 saturated heterocycles. The molecule has 0 aliphatic carbocycles. The highest BCUT2D eigenvalue weighted by Gasteiger charge is 2.36. The number of hydrogen-bond donors (Lipinski definition) is 1. The molecule has 2 heterocycles. The van der Waals surface area contributed by atoms with Crippen LogP contribution in [0.1, 0.15) is 26.3 Å². The number of aromatic amines is 1. The number of nitrogens with one attached hydrogen (secondary N) is 2. The highest BCUT2D eigenvalue weighted by Crippen LogP contribution is 2.21. The lowest BCUT2D eigenvalue weighted by Crippen LogP contribution is -2.40. The number of amides is 3. The minimum atomic E-state index is -0.427. The van der Waals surface area contributed by atoms with Crippen molar-refractivity contribution in [2.24, 2.45) is 0 Å². The molecule has 0 bridgehead atoms. The Balaban J connectivity index is 1.63. The Kier molecular flexibility index (Phi) is 3.65. The lowest BCUT2D eigenvalue weighted by Gasteiger charge is -2.13. The summed E-state index contributed by atoms with van der Waals surface area (Å²) in [5.41, 5.74) is 1.59. The zero-order valence-corrected chi connectivity index (χ0v) is 11.7. The Morgan fingerprint density at radius 2 is 1.73 bits per heavy atom. The van der Waals surface area contributed by atoms with Crippen LogP contribution in [0.25, 0.3) is 0 Å². The van der Waals surface area contributed by atoms with Gasteiger partial charge in [-0.1, -0.05) is 12.1 Å². The van der Waals surface area contributed by atoms with Crippen LogP contribution in [0.5, 0.6) is 0 Å². The number of H-pyrrole nitrogens is 1. The number of carbonyl (C=O) groups is 3. The van der Waals surface area contributed by atoms with Gasteiger partial charge in [-0.05, 0) is 18.2 Å². The first-order chi connectivity index (χ1) is 10.7. The van der Waals surface area contributed by atoms with E-state index in [2.05, 4.69) is 10.3 Å². The Bertz CT molecular complexity index is 708. The summed E-state index contributed by atoms with van der Waals surface area (Å²) in [7, 11) is 0. The lowest BCUT2D eigenvalue weighted by molar-refractivity contribution is -0.378. The third kappa shape index (κ3) is 2.58. The van der Waals surface area contributed by atoms with Crippen LogP contribution in [0.2, 0.25) is 0 Å². The molecule has 0 radical (unpaired) electrons. The third-order valence-corrected chi connectivity index (χ3v) is 3.44. The number of nitrogens with zero attached hydrogens (tertiary/aromatic N) is 1. The molecule has 110 valence electrons. The van der Waals surface area contributed by atoms with E-state index < -0.39 is 11.8 Å². The topological polar surface area (TPSA) is 80.6 Å². The van der Waals surface area contributed by atoms with Crippen molar-refractivity contribution in [3.8, 4) is 0 Å². The second-order valence-corrected chi connectivity index (χ2v) is 4.93. The number of rotatable bonds is 4. The summed E-state index contributed by atoms with van der Waals surface area (Å²) in [4.78, 5) is 40.1. The quantitative estimate of drug-likeness (QED) is 0.830. The first-order valence-electron chi connectivity index (χ1n) is 6.84. The smallest absolute Gasteiger partial charge is 0.262 e. The average molecular weight is 296 g/mol. The third-order valence-electron chi connectivity index (χ3n) is 3.44. The van der Waals surface area contributed by atoms with Crippen molar-refractivity contribution in [2.45, 2.75) is 6.54 Å². The largest absolute Gasteiger partial charge is 0.350 e. The first-order valence-corrected chi connectivity index (χ1v) is 6.84. The van der Waals surface area contributed by atoms with Crippen LogP contribution in [0.4, 0.5) is 0 Å². The molecule has 1 aromatic carbocycles. The van der Waals surface area contributed by atoms with Crippen molar-refractivity contribution < 1.29 is 19.4 Å². The molecule has 0 spiro atoms. The van der Waals surface area contributed by atoms with Gasteiger partial charge in [0.15, 0.2) is 12.4 Å². The van der Waals surface area contributed by atoms with Crippen LogP contribution >= 0.6 is 0 Å². The van der Waals surface area contributed by atoms with E-state index in [-0.39, 0.29) is 12.5 Å². The van der Waals surface area contributed by atoms with Gasteiger partial charge in [-0.25, -0.2) is 4.98 Å². The van der Waals surface area contributed by atoms with Crippen LogP contribution < -0.4 is 10.3 Å². The molecular weight excluding hydrogens is 282 g/mol. The number of fused-ring (bicyclic) bond motifs is 1. The van der Waals surface area contributed by atoms with E-state index in [1.807, 2.05) is 12.1 Å². The summed E-state index contributed by atoms with van der Waals surface area (Å²) in [6, 6.07) is 10.3. The van der Waals surface area contributed by atoms with Gasteiger partial charge < -0.3 is 5.32 Å². The summed E-state index contributed by atoms with van der Waals surface area (Å²) in [6.45, 7) is 0.0578. The molecule has 6 heteroatoms. The summed E-state index contributed by atoms with van der Waals surface area (Å²) >= 11 is 0. The van der Waals surface area contributed by atoms with Crippen molar-refractivity contribution >= 4 is 17.7 Å². The molecule has 2 N–H and O–H groups in total. The fourth-order valence-corrected chi connectivity index (χ4v) is 2.32. The summed E-state index contributed by atoms with van der Waals surface area (Å²) < 4.78 is 0. The van der Waals surface area contributed by atoms with Gasteiger partial charge in [0.1, 0.15) is 6.54 Å². The fourth-order valence-electron chi connectivity index (χ4n) is 2.32. The maximum absolute atomic E-state index is 12.1. The van der Waals surface area contributed by atoms with Crippen molar-refractivity contribution in [1.29, 1.82) is 0 Å². The van der Waals surface area contributed by atoms with E-state index in [0.717, 1.165) is 10.5 Å². The van der Waals surface area contributed by atoms with Gasteiger partial charge in [0.25, 0.3) is 11.8 Å². The summed E-state index contributed by atoms with van der Waals surface area (Å²) in [5.74, 6) is -1.23. The van der Waals surface area contributed by atoms with Gasteiger partial charge in [-0.3, -0.25) is 19.3 Å². The van der Waals surface area contributed by atoms with Crippen molar-refractivity contribution in [1.82, 2.24) is 10.2 Å². The van der Waals surface area contributed by atoms with Crippen molar-refractivity contribution in [2.75, 3.05) is 6.54 Å². The molecule has 0 unspecified atom stereocenters. The number of hydrogen-bond acceptors (Lipinski definition) is 3. The van der Waals surface area contributed by atoms with Crippen LogP contribution in [0.3, 0.4) is 0 Å². The van der Waals surface area contributed by atoms with E-state index in [1.165, 1.54) is 0 Å². The Hall–Kier alpha value is -3.02. The van der Waals surface area contributed by atoms with Gasteiger partial charge in [0.2, 0.25) is 5.91 Å². The highest BCUT2D eigenvalue weighted by molar-refractivity contribution is 6.22. The van der Waals surface area contributed by atoms with Gasteiger partial charge >= 0.3 is 0 Å².